The first kappa shape index (κ1) is 12.5. The van der Waals surface area contributed by atoms with E-state index < -0.39 is 40.2 Å². The van der Waals surface area contributed by atoms with Crippen LogP contribution < -0.4 is 0 Å². The van der Waals surface area contributed by atoms with Crippen LogP contribution in [0.5, 0.6) is 0 Å². The standard InChI is InChI=1S/C13H7F5/c1-6-9(7-4-2-3-5-8(7)14)11(16)13(18)12(17)10(6)15/h2-5H,1H3. The molecular formula is C13H7F5. The van der Waals surface area contributed by atoms with Gasteiger partial charge in [0.25, 0.3) is 0 Å². The Morgan fingerprint density at radius 3 is 1.89 bits per heavy atom. The fourth-order valence-electron chi connectivity index (χ4n) is 1.73. The van der Waals surface area contributed by atoms with Gasteiger partial charge in [0.1, 0.15) is 5.82 Å². The maximum absolute atomic E-state index is 13.6. The Labute approximate surface area is 99.7 Å². The molecule has 18 heavy (non-hydrogen) atoms. The first-order valence-corrected chi connectivity index (χ1v) is 5.02. The van der Waals surface area contributed by atoms with Crippen LogP contribution >= 0.6 is 0 Å². The van der Waals surface area contributed by atoms with Gasteiger partial charge in [-0.3, -0.25) is 0 Å². The molecule has 0 fully saturated rings. The topological polar surface area (TPSA) is 0 Å². The van der Waals surface area contributed by atoms with Crippen molar-refractivity contribution in [2.24, 2.45) is 0 Å². The zero-order chi connectivity index (χ0) is 13.4. The van der Waals surface area contributed by atoms with Crippen LogP contribution in [0.4, 0.5) is 22.0 Å². The molecule has 0 amide bonds. The quantitative estimate of drug-likeness (QED) is 0.405. The molecule has 0 aliphatic heterocycles. The molecule has 2 rings (SSSR count). The minimum absolute atomic E-state index is 0.315. The lowest BCUT2D eigenvalue weighted by atomic mass is 9.98. The van der Waals surface area contributed by atoms with E-state index in [0.29, 0.717) is 0 Å². The summed E-state index contributed by atoms with van der Waals surface area (Å²) in [5, 5.41) is 0. The molecule has 94 valence electrons. The third kappa shape index (κ3) is 1.75. The Morgan fingerprint density at radius 2 is 1.28 bits per heavy atom. The minimum atomic E-state index is -1.95. The van der Waals surface area contributed by atoms with Gasteiger partial charge >= 0.3 is 0 Å². The highest BCUT2D eigenvalue weighted by Crippen LogP contribution is 2.33. The van der Waals surface area contributed by atoms with Gasteiger partial charge in [-0.05, 0) is 18.6 Å². The molecule has 0 bridgehead atoms. The largest absolute Gasteiger partial charge is 0.206 e. The molecule has 0 spiro atoms. The van der Waals surface area contributed by atoms with Crippen LogP contribution in [0, 0.1) is 36.0 Å². The second-order valence-electron chi connectivity index (χ2n) is 3.74. The fraction of sp³-hybridized carbons (Fsp3) is 0.0769. The van der Waals surface area contributed by atoms with Crippen molar-refractivity contribution >= 4 is 0 Å². The number of hydrogen-bond acceptors (Lipinski definition) is 0. The number of rotatable bonds is 1. The molecule has 0 radical (unpaired) electrons. The molecular weight excluding hydrogens is 251 g/mol. The highest BCUT2D eigenvalue weighted by atomic mass is 19.2. The van der Waals surface area contributed by atoms with E-state index in [-0.39, 0.29) is 5.56 Å². The van der Waals surface area contributed by atoms with Crippen molar-refractivity contribution in [3.8, 4) is 11.1 Å². The summed E-state index contributed by atoms with van der Waals surface area (Å²) in [6, 6.07) is 4.92. The van der Waals surface area contributed by atoms with Gasteiger partial charge in [0.15, 0.2) is 23.3 Å². The van der Waals surface area contributed by atoms with Crippen molar-refractivity contribution in [1.82, 2.24) is 0 Å². The second kappa shape index (κ2) is 4.40. The summed E-state index contributed by atoms with van der Waals surface area (Å²) >= 11 is 0. The third-order valence-electron chi connectivity index (χ3n) is 2.65. The normalized spacial score (nSPS) is 10.8. The van der Waals surface area contributed by atoms with Crippen LogP contribution in [-0.2, 0) is 0 Å². The van der Waals surface area contributed by atoms with Gasteiger partial charge in [-0.15, -0.1) is 0 Å². The van der Waals surface area contributed by atoms with E-state index in [1.165, 1.54) is 12.1 Å². The summed E-state index contributed by atoms with van der Waals surface area (Å²) in [4.78, 5) is 0. The Bertz CT molecular complexity index is 590. The van der Waals surface area contributed by atoms with Crippen LogP contribution in [0.2, 0.25) is 0 Å². The van der Waals surface area contributed by atoms with E-state index in [1.807, 2.05) is 0 Å². The number of halogens is 5. The maximum Gasteiger partial charge on any atom is 0.198 e. The SMILES string of the molecule is Cc1c(F)c(F)c(F)c(F)c1-c1ccccc1F. The third-order valence-corrected chi connectivity index (χ3v) is 2.65. The molecule has 0 heterocycles. The van der Waals surface area contributed by atoms with Crippen molar-refractivity contribution in [3.63, 3.8) is 0 Å². The van der Waals surface area contributed by atoms with Crippen LogP contribution in [0.25, 0.3) is 11.1 Å². The monoisotopic (exact) mass is 258 g/mol. The predicted molar refractivity (Wildman–Crippen MR) is 56.4 cm³/mol. The summed E-state index contributed by atoms with van der Waals surface area (Å²) in [7, 11) is 0. The number of benzene rings is 2. The molecule has 0 saturated carbocycles. The Balaban J connectivity index is 2.85. The molecule has 0 nitrogen and oxygen atoms in total. The summed E-state index contributed by atoms with van der Waals surface area (Å²) in [5.41, 5.74) is -1.40. The average molecular weight is 258 g/mol. The van der Waals surface area contributed by atoms with Gasteiger partial charge in [-0.2, -0.15) is 0 Å². The smallest absolute Gasteiger partial charge is 0.198 e. The summed E-state index contributed by atoms with van der Waals surface area (Å²) in [5.74, 6) is -7.81. The van der Waals surface area contributed by atoms with Crippen LogP contribution in [0.1, 0.15) is 5.56 Å². The zero-order valence-electron chi connectivity index (χ0n) is 9.20. The van der Waals surface area contributed by atoms with Gasteiger partial charge in [0.2, 0.25) is 0 Å². The first-order chi connectivity index (χ1) is 8.45. The van der Waals surface area contributed by atoms with Crippen molar-refractivity contribution in [2.75, 3.05) is 0 Å². The second-order valence-corrected chi connectivity index (χ2v) is 3.74. The fourth-order valence-corrected chi connectivity index (χ4v) is 1.73. The van der Waals surface area contributed by atoms with E-state index >= 15 is 0 Å². The highest BCUT2D eigenvalue weighted by Gasteiger charge is 2.24. The van der Waals surface area contributed by atoms with Gasteiger partial charge < -0.3 is 0 Å². The molecule has 0 aliphatic rings. The van der Waals surface area contributed by atoms with Crippen molar-refractivity contribution in [2.45, 2.75) is 6.92 Å². The lowest BCUT2D eigenvalue weighted by molar-refractivity contribution is 0.407. The molecule has 0 unspecified atom stereocenters. The first-order valence-electron chi connectivity index (χ1n) is 5.02. The van der Waals surface area contributed by atoms with Crippen LogP contribution in [0.3, 0.4) is 0 Å². The molecule has 0 aromatic heterocycles. The van der Waals surface area contributed by atoms with E-state index in [1.54, 1.807) is 0 Å². The Morgan fingerprint density at radius 1 is 0.722 bits per heavy atom. The average Bonchev–Trinajstić information content (AvgIpc) is 2.36. The van der Waals surface area contributed by atoms with E-state index in [9.17, 15) is 22.0 Å². The maximum atomic E-state index is 13.6. The molecule has 0 aliphatic carbocycles. The summed E-state index contributed by atoms with van der Waals surface area (Å²) in [6.07, 6.45) is 0. The Kier molecular flexibility index (Phi) is 3.07. The van der Waals surface area contributed by atoms with E-state index in [0.717, 1.165) is 19.1 Å². The molecule has 0 saturated heterocycles. The minimum Gasteiger partial charge on any atom is -0.206 e. The van der Waals surface area contributed by atoms with Gasteiger partial charge in [0, 0.05) is 11.1 Å². The van der Waals surface area contributed by atoms with Crippen LogP contribution in [0.15, 0.2) is 24.3 Å². The van der Waals surface area contributed by atoms with Crippen molar-refractivity contribution in [1.29, 1.82) is 0 Å². The molecule has 2 aromatic carbocycles. The molecule has 2 aromatic rings. The molecule has 5 heteroatoms. The predicted octanol–water partition coefficient (Wildman–Crippen LogP) is 4.36. The zero-order valence-corrected chi connectivity index (χ0v) is 9.20. The summed E-state index contributed by atoms with van der Waals surface area (Å²) in [6.45, 7) is 1.06. The van der Waals surface area contributed by atoms with E-state index in [2.05, 4.69) is 0 Å². The van der Waals surface area contributed by atoms with Crippen molar-refractivity contribution < 1.29 is 22.0 Å². The Hall–Kier alpha value is -1.91. The lowest BCUT2D eigenvalue weighted by Crippen LogP contribution is -2.03. The molecule has 0 N–H and O–H groups in total. The van der Waals surface area contributed by atoms with Gasteiger partial charge in [-0.1, -0.05) is 18.2 Å². The molecule has 0 atom stereocenters. The van der Waals surface area contributed by atoms with Gasteiger partial charge in [0.05, 0.1) is 0 Å². The summed E-state index contributed by atoms with van der Waals surface area (Å²) < 4.78 is 66.6. The highest BCUT2D eigenvalue weighted by molar-refractivity contribution is 5.68. The van der Waals surface area contributed by atoms with Crippen LogP contribution in [-0.4, -0.2) is 0 Å². The van der Waals surface area contributed by atoms with E-state index in [4.69, 9.17) is 0 Å². The number of hydrogen-bond donors (Lipinski definition) is 0. The lowest BCUT2D eigenvalue weighted by Gasteiger charge is -2.11. The van der Waals surface area contributed by atoms with Gasteiger partial charge in [-0.25, -0.2) is 22.0 Å². The van der Waals surface area contributed by atoms with Crippen molar-refractivity contribution in [3.05, 3.63) is 58.9 Å².